The third-order valence-electron chi connectivity index (χ3n) is 7.80. The standard InChI is InChI=1S/C27H29NO10/c1-10-22(30)14(28)7-17(37-10)38-16-9-27(35,11(2)29)8-13-19(16)26(34)21-20(24(13)32)23(31)12-5-4-6-15(36-3)18(12)25(21)33/h4-6,10,14,16-17,22,30,32,34-35H,7-9,28H2,1-3H3/t10?,14?,16-,17-,22+,27-/m0/s1. The fourth-order valence-electron chi connectivity index (χ4n) is 5.66. The molecular weight excluding hydrogens is 498 g/mol. The molecule has 0 bridgehead atoms. The van der Waals surface area contributed by atoms with Crippen molar-refractivity contribution in [3.05, 3.63) is 51.6 Å². The first-order valence-electron chi connectivity index (χ1n) is 12.2. The molecule has 0 aromatic heterocycles. The van der Waals surface area contributed by atoms with Gasteiger partial charge in [0.15, 0.2) is 17.9 Å². The SMILES string of the molecule is COc1cccc2c1C(=O)c1c(O)c3c(c(O)c1C2=O)C[C@@](O)(C(C)=O)C[C@@H]3O[C@H]1CC(N)[C@H](O)C(C)O1. The van der Waals surface area contributed by atoms with Crippen molar-refractivity contribution in [2.75, 3.05) is 7.11 Å². The molecule has 0 amide bonds. The molecular formula is C27H29NO10. The quantitative estimate of drug-likeness (QED) is 0.305. The summed E-state index contributed by atoms with van der Waals surface area (Å²) in [5, 5.41) is 44.1. The summed E-state index contributed by atoms with van der Waals surface area (Å²) < 4.78 is 17.1. The van der Waals surface area contributed by atoms with Crippen LogP contribution < -0.4 is 10.5 Å². The van der Waals surface area contributed by atoms with Crippen LogP contribution in [-0.4, -0.2) is 75.0 Å². The Morgan fingerprint density at radius 1 is 1.13 bits per heavy atom. The monoisotopic (exact) mass is 527 g/mol. The van der Waals surface area contributed by atoms with Crippen molar-refractivity contribution in [2.45, 2.75) is 69.4 Å². The van der Waals surface area contributed by atoms with E-state index in [1.807, 2.05) is 0 Å². The van der Waals surface area contributed by atoms with Gasteiger partial charge in [-0.25, -0.2) is 0 Å². The van der Waals surface area contributed by atoms with E-state index in [2.05, 4.69) is 0 Å². The highest BCUT2D eigenvalue weighted by atomic mass is 16.7. The van der Waals surface area contributed by atoms with Gasteiger partial charge in [-0.3, -0.25) is 14.4 Å². The summed E-state index contributed by atoms with van der Waals surface area (Å²) in [6.45, 7) is 2.79. The topological polar surface area (TPSA) is 186 Å². The zero-order valence-corrected chi connectivity index (χ0v) is 21.1. The first-order chi connectivity index (χ1) is 17.9. The van der Waals surface area contributed by atoms with E-state index >= 15 is 0 Å². The van der Waals surface area contributed by atoms with E-state index in [4.69, 9.17) is 19.9 Å². The second-order valence-corrected chi connectivity index (χ2v) is 10.1. The summed E-state index contributed by atoms with van der Waals surface area (Å²) in [5.41, 5.74) is 2.97. The number of Topliss-reactive ketones (excluding diaryl/α,β-unsaturated/α-hetero) is 1. The fraction of sp³-hybridized carbons (Fsp3) is 0.444. The number of carbonyl (C=O) groups excluding carboxylic acids is 3. The fourth-order valence-corrected chi connectivity index (χ4v) is 5.66. The summed E-state index contributed by atoms with van der Waals surface area (Å²) in [6, 6.07) is 3.75. The van der Waals surface area contributed by atoms with Crippen LogP contribution in [0.2, 0.25) is 0 Å². The lowest BCUT2D eigenvalue weighted by Gasteiger charge is -2.42. The lowest BCUT2D eigenvalue weighted by Crippen LogP contribution is -2.52. The van der Waals surface area contributed by atoms with Crippen LogP contribution in [0.4, 0.5) is 0 Å². The molecule has 38 heavy (non-hydrogen) atoms. The number of nitrogens with two attached hydrogens (primary N) is 1. The average Bonchev–Trinajstić information content (AvgIpc) is 2.87. The minimum absolute atomic E-state index is 0.0147. The highest BCUT2D eigenvalue weighted by Crippen LogP contribution is 2.52. The zero-order valence-electron chi connectivity index (χ0n) is 21.1. The third kappa shape index (κ3) is 3.81. The summed E-state index contributed by atoms with van der Waals surface area (Å²) in [4.78, 5) is 39.6. The van der Waals surface area contributed by atoms with Gasteiger partial charge >= 0.3 is 0 Å². The van der Waals surface area contributed by atoms with Gasteiger partial charge in [-0.15, -0.1) is 0 Å². The number of rotatable bonds is 4. The molecule has 1 aliphatic heterocycles. The Morgan fingerprint density at radius 3 is 2.45 bits per heavy atom. The normalized spacial score (nSPS) is 30.3. The smallest absolute Gasteiger partial charge is 0.202 e. The Balaban J connectivity index is 1.68. The summed E-state index contributed by atoms with van der Waals surface area (Å²) in [7, 11) is 1.34. The lowest BCUT2D eigenvalue weighted by atomic mass is 9.72. The molecule has 2 aromatic carbocycles. The van der Waals surface area contributed by atoms with Crippen molar-refractivity contribution in [1.29, 1.82) is 0 Å². The van der Waals surface area contributed by atoms with Gasteiger partial charge in [0.05, 0.1) is 42.1 Å². The Morgan fingerprint density at radius 2 is 1.82 bits per heavy atom. The number of methoxy groups -OCH3 is 1. The van der Waals surface area contributed by atoms with Crippen LogP contribution in [0.15, 0.2) is 18.2 Å². The zero-order chi connectivity index (χ0) is 27.7. The molecule has 1 saturated heterocycles. The van der Waals surface area contributed by atoms with Crippen LogP contribution in [-0.2, 0) is 20.7 Å². The summed E-state index contributed by atoms with van der Waals surface area (Å²) >= 11 is 0. The second-order valence-electron chi connectivity index (χ2n) is 10.1. The molecule has 202 valence electrons. The molecule has 6 atom stereocenters. The molecule has 0 radical (unpaired) electrons. The van der Waals surface area contributed by atoms with Gasteiger partial charge in [-0.2, -0.15) is 0 Å². The highest BCUT2D eigenvalue weighted by molar-refractivity contribution is 6.31. The first kappa shape index (κ1) is 26.3. The van der Waals surface area contributed by atoms with Gasteiger partial charge < -0.3 is 40.4 Å². The van der Waals surface area contributed by atoms with E-state index in [1.165, 1.54) is 32.2 Å². The van der Waals surface area contributed by atoms with E-state index in [9.17, 15) is 34.8 Å². The van der Waals surface area contributed by atoms with E-state index in [-0.39, 0.29) is 40.8 Å². The van der Waals surface area contributed by atoms with Crippen LogP contribution in [0, 0.1) is 0 Å². The number of carbonyl (C=O) groups is 3. The second kappa shape index (κ2) is 9.14. The van der Waals surface area contributed by atoms with Gasteiger partial charge in [0.1, 0.15) is 22.8 Å². The molecule has 0 saturated carbocycles. The van der Waals surface area contributed by atoms with Crippen molar-refractivity contribution in [3.63, 3.8) is 0 Å². The number of benzene rings is 2. The largest absolute Gasteiger partial charge is 0.507 e. The number of hydrogen-bond donors (Lipinski definition) is 5. The molecule has 1 heterocycles. The van der Waals surface area contributed by atoms with Crippen LogP contribution in [0.25, 0.3) is 0 Å². The number of aliphatic hydroxyl groups excluding tert-OH is 1. The Kier molecular flexibility index (Phi) is 6.32. The highest BCUT2D eigenvalue weighted by Gasteiger charge is 2.49. The van der Waals surface area contributed by atoms with Crippen molar-refractivity contribution >= 4 is 17.3 Å². The predicted molar refractivity (Wildman–Crippen MR) is 130 cm³/mol. The number of aliphatic hydroxyl groups is 2. The van der Waals surface area contributed by atoms with Crippen LogP contribution in [0.1, 0.15) is 75.8 Å². The average molecular weight is 528 g/mol. The van der Waals surface area contributed by atoms with Crippen molar-refractivity contribution in [3.8, 4) is 17.2 Å². The van der Waals surface area contributed by atoms with Crippen LogP contribution in [0.5, 0.6) is 17.2 Å². The maximum Gasteiger partial charge on any atom is 0.202 e. The van der Waals surface area contributed by atoms with E-state index in [0.717, 1.165) is 0 Å². The molecule has 1 fully saturated rings. The number of ether oxygens (including phenoxy) is 3. The number of fused-ring (bicyclic) bond motifs is 3. The molecule has 2 aromatic rings. The number of ketones is 3. The third-order valence-corrected chi connectivity index (χ3v) is 7.80. The number of hydrogen-bond acceptors (Lipinski definition) is 11. The Bertz CT molecular complexity index is 1360. The van der Waals surface area contributed by atoms with Gasteiger partial charge in [0.25, 0.3) is 0 Å². The summed E-state index contributed by atoms with van der Waals surface area (Å²) in [5.74, 6) is -3.18. The first-order valence-corrected chi connectivity index (χ1v) is 12.2. The number of phenols is 2. The predicted octanol–water partition coefficient (Wildman–Crippen LogP) is 1.03. The molecule has 6 N–H and O–H groups in total. The summed E-state index contributed by atoms with van der Waals surface area (Å²) in [6.07, 6.45) is -4.53. The Hall–Kier alpha value is -3.35. The molecule has 11 heteroatoms. The van der Waals surface area contributed by atoms with Gasteiger partial charge in [0, 0.05) is 42.0 Å². The number of aromatic hydroxyl groups is 2. The lowest BCUT2D eigenvalue weighted by molar-refractivity contribution is -0.247. The van der Waals surface area contributed by atoms with E-state index in [1.54, 1.807) is 6.92 Å². The van der Waals surface area contributed by atoms with Gasteiger partial charge in [0.2, 0.25) is 5.78 Å². The molecule has 11 nitrogen and oxygen atoms in total. The minimum Gasteiger partial charge on any atom is -0.507 e. The minimum atomic E-state index is -2.00. The molecule has 5 rings (SSSR count). The molecule has 2 unspecified atom stereocenters. The van der Waals surface area contributed by atoms with Crippen molar-refractivity contribution < 1.29 is 49.0 Å². The van der Waals surface area contributed by atoms with Gasteiger partial charge in [-0.1, -0.05) is 12.1 Å². The molecule has 2 aliphatic carbocycles. The van der Waals surface area contributed by atoms with Crippen LogP contribution in [0.3, 0.4) is 0 Å². The van der Waals surface area contributed by atoms with Crippen molar-refractivity contribution in [1.82, 2.24) is 0 Å². The van der Waals surface area contributed by atoms with Crippen molar-refractivity contribution in [2.24, 2.45) is 5.73 Å². The van der Waals surface area contributed by atoms with Crippen LogP contribution >= 0.6 is 0 Å². The number of phenolic OH excluding ortho intramolecular Hbond substituents is 2. The van der Waals surface area contributed by atoms with E-state index < -0.39 is 82.6 Å². The maximum atomic E-state index is 13.6. The molecule has 0 spiro atoms. The molecule has 3 aliphatic rings. The maximum absolute atomic E-state index is 13.6. The van der Waals surface area contributed by atoms with E-state index in [0.29, 0.717) is 0 Å². The Labute approximate surface area is 217 Å². The van der Waals surface area contributed by atoms with Gasteiger partial charge in [-0.05, 0) is 19.9 Å².